The van der Waals surface area contributed by atoms with E-state index in [0.29, 0.717) is 29.4 Å². The number of anilines is 1. The average Bonchev–Trinajstić information content (AvgIpc) is 2.87. The van der Waals surface area contributed by atoms with Gasteiger partial charge in [0.1, 0.15) is 11.8 Å². The number of benzene rings is 2. The molecule has 0 unspecified atom stereocenters. The van der Waals surface area contributed by atoms with Crippen LogP contribution in [0.4, 0.5) is 5.69 Å². The Kier molecular flexibility index (Phi) is 4.59. The number of nitrogen functional groups attached to an aromatic ring is 1. The molecule has 1 aromatic heterocycles. The van der Waals surface area contributed by atoms with Crippen LogP contribution in [0, 0.1) is 18.3 Å². The van der Waals surface area contributed by atoms with Crippen molar-refractivity contribution in [3.63, 3.8) is 0 Å². The predicted molar refractivity (Wildman–Crippen MR) is 98.1 cm³/mol. The SMILES string of the molecule is Cc1ccc(Cn2c(C#N)cc(N)c2Cc2ccc(Cl)cc2)cc1. The fourth-order valence-electron chi connectivity index (χ4n) is 2.75. The van der Waals surface area contributed by atoms with Crippen LogP contribution in [-0.2, 0) is 13.0 Å². The highest BCUT2D eigenvalue weighted by molar-refractivity contribution is 6.30. The number of aromatic nitrogens is 1. The van der Waals surface area contributed by atoms with Gasteiger partial charge in [0.15, 0.2) is 0 Å². The second-order valence-corrected chi connectivity index (χ2v) is 6.35. The lowest BCUT2D eigenvalue weighted by Gasteiger charge is -2.12. The highest BCUT2D eigenvalue weighted by Crippen LogP contribution is 2.24. The Labute approximate surface area is 146 Å². The number of hydrogen-bond donors (Lipinski definition) is 1. The fraction of sp³-hybridized carbons (Fsp3) is 0.150. The van der Waals surface area contributed by atoms with E-state index >= 15 is 0 Å². The minimum absolute atomic E-state index is 0.581. The van der Waals surface area contributed by atoms with Gasteiger partial charge in [-0.15, -0.1) is 0 Å². The molecule has 0 aliphatic carbocycles. The van der Waals surface area contributed by atoms with Crippen molar-refractivity contribution in [2.75, 3.05) is 5.73 Å². The monoisotopic (exact) mass is 335 g/mol. The first-order valence-corrected chi connectivity index (χ1v) is 8.12. The van der Waals surface area contributed by atoms with Gasteiger partial charge in [-0.3, -0.25) is 0 Å². The van der Waals surface area contributed by atoms with Gasteiger partial charge in [-0.25, -0.2) is 0 Å². The van der Waals surface area contributed by atoms with Crippen LogP contribution < -0.4 is 5.73 Å². The van der Waals surface area contributed by atoms with E-state index in [2.05, 4.69) is 37.3 Å². The van der Waals surface area contributed by atoms with E-state index in [0.717, 1.165) is 16.8 Å². The Bertz CT molecular complexity index is 884. The molecular formula is C20H18ClN3. The summed E-state index contributed by atoms with van der Waals surface area (Å²) in [5, 5.41) is 10.1. The van der Waals surface area contributed by atoms with E-state index in [-0.39, 0.29) is 0 Å². The third-order valence-electron chi connectivity index (χ3n) is 4.10. The lowest BCUT2D eigenvalue weighted by molar-refractivity contribution is 0.749. The molecule has 1 heterocycles. The van der Waals surface area contributed by atoms with Crippen molar-refractivity contribution in [3.8, 4) is 6.07 Å². The van der Waals surface area contributed by atoms with E-state index in [9.17, 15) is 5.26 Å². The van der Waals surface area contributed by atoms with Crippen molar-refractivity contribution in [2.45, 2.75) is 19.9 Å². The van der Waals surface area contributed by atoms with Crippen LogP contribution in [-0.4, -0.2) is 4.57 Å². The summed E-state index contributed by atoms with van der Waals surface area (Å²) < 4.78 is 1.99. The average molecular weight is 336 g/mol. The predicted octanol–water partition coefficient (Wildman–Crippen LogP) is 4.54. The maximum Gasteiger partial charge on any atom is 0.122 e. The van der Waals surface area contributed by atoms with Crippen molar-refractivity contribution >= 4 is 17.3 Å². The third-order valence-corrected chi connectivity index (χ3v) is 4.35. The third kappa shape index (κ3) is 3.45. The molecule has 3 aromatic rings. The summed E-state index contributed by atoms with van der Waals surface area (Å²) in [6, 6.07) is 20.0. The van der Waals surface area contributed by atoms with E-state index in [4.69, 9.17) is 17.3 Å². The molecule has 0 atom stereocenters. The molecule has 0 amide bonds. The van der Waals surface area contributed by atoms with E-state index < -0.39 is 0 Å². The number of halogens is 1. The summed E-state index contributed by atoms with van der Waals surface area (Å²) in [5.74, 6) is 0. The zero-order chi connectivity index (χ0) is 17.1. The molecule has 0 radical (unpaired) electrons. The quantitative estimate of drug-likeness (QED) is 0.760. The van der Waals surface area contributed by atoms with Crippen LogP contribution in [0.25, 0.3) is 0 Å². The van der Waals surface area contributed by atoms with Gasteiger partial charge in [0, 0.05) is 23.7 Å². The molecule has 24 heavy (non-hydrogen) atoms. The molecule has 2 aromatic carbocycles. The van der Waals surface area contributed by atoms with Gasteiger partial charge >= 0.3 is 0 Å². The van der Waals surface area contributed by atoms with Crippen LogP contribution in [0.1, 0.15) is 28.1 Å². The maximum absolute atomic E-state index is 9.44. The van der Waals surface area contributed by atoms with Crippen LogP contribution in [0.15, 0.2) is 54.6 Å². The molecule has 0 spiro atoms. The lowest BCUT2D eigenvalue weighted by Crippen LogP contribution is -2.08. The van der Waals surface area contributed by atoms with Crippen LogP contribution in [0.2, 0.25) is 5.02 Å². The Hall–Kier alpha value is -2.70. The van der Waals surface area contributed by atoms with Crippen LogP contribution in [0.3, 0.4) is 0 Å². The summed E-state index contributed by atoms with van der Waals surface area (Å²) in [6.07, 6.45) is 0.663. The molecule has 0 saturated heterocycles. The molecule has 2 N–H and O–H groups in total. The molecule has 0 aliphatic heterocycles. The molecule has 4 heteroatoms. The van der Waals surface area contributed by atoms with Crippen molar-refractivity contribution in [2.24, 2.45) is 0 Å². The molecule has 120 valence electrons. The highest BCUT2D eigenvalue weighted by atomic mass is 35.5. The normalized spacial score (nSPS) is 10.5. The largest absolute Gasteiger partial charge is 0.397 e. The number of hydrogen-bond acceptors (Lipinski definition) is 2. The van der Waals surface area contributed by atoms with E-state index in [1.807, 2.05) is 28.8 Å². The maximum atomic E-state index is 9.44. The van der Waals surface area contributed by atoms with Crippen molar-refractivity contribution in [3.05, 3.63) is 87.7 Å². The number of nitrogens with two attached hydrogens (primary N) is 1. The molecule has 0 aliphatic rings. The van der Waals surface area contributed by atoms with Crippen molar-refractivity contribution in [1.29, 1.82) is 5.26 Å². The van der Waals surface area contributed by atoms with E-state index in [1.165, 1.54) is 5.56 Å². The first-order valence-electron chi connectivity index (χ1n) is 7.75. The molecule has 3 nitrogen and oxygen atoms in total. The lowest BCUT2D eigenvalue weighted by atomic mass is 10.1. The van der Waals surface area contributed by atoms with Gasteiger partial charge in [-0.05, 0) is 36.2 Å². The molecule has 0 saturated carbocycles. The second-order valence-electron chi connectivity index (χ2n) is 5.92. The minimum Gasteiger partial charge on any atom is -0.397 e. The number of aryl methyl sites for hydroxylation is 1. The highest BCUT2D eigenvalue weighted by Gasteiger charge is 2.14. The van der Waals surface area contributed by atoms with Crippen molar-refractivity contribution < 1.29 is 0 Å². The van der Waals surface area contributed by atoms with Crippen LogP contribution in [0.5, 0.6) is 0 Å². The summed E-state index contributed by atoms with van der Waals surface area (Å²) in [4.78, 5) is 0. The fourth-order valence-corrected chi connectivity index (χ4v) is 2.88. The number of rotatable bonds is 4. The minimum atomic E-state index is 0.581. The molecular weight excluding hydrogens is 318 g/mol. The summed E-state index contributed by atoms with van der Waals surface area (Å²) in [7, 11) is 0. The topological polar surface area (TPSA) is 54.7 Å². The summed E-state index contributed by atoms with van der Waals surface area (Å²) in [6.45, 7) is 2.69. The standard InChI is InChI=1S/C20H18ClN3/c1-14-2-4-16(5-3-14)13-24-18(12-22)11-19(23)20(24)10-15-6-8-17(21)9-7-15/h2-9,11H,10,13,23H2,1H3. The first kappa shape index (κ1) is 16.2. The van der Waals surface area contributed by atoms with Gasteiger partial charge in [-0.2, -0.15) is 5.26 Å². The molecule has 3 rings (SSSR count). The Balaban J connectivity index is 1.96. The molecule has 0 fully saturated rings. The van der Waals surface area contributed by atoms with Gasteiger partial charge in [0.2, 0.25) is 0 Å². The first-order chi connectivity index (χ1) is 11.6. The van der Waals surface area contributed by atoms with Crippen LogP contribution >= 0.6 is 11.6 Å². The summed E-state index contributed by atoms with van der Waals surface area (Å²) in [5.41, 5.74) is 11.8. The summed E-state index contributed by atoms with van der Waals surface area (Å²) >= 11 is 5.95. The molecule has 0 bridgehead atoms. The Morgan fingerprint density at radius 1 is 1.04 bits per heavy atom. The van der Waals surface area contributed by atoms with E-state index in [1.54, 1.807) is 6.07 Å². The number of nitriles is 1. The number of nitrogens with zero attached hydrogens (tertiary/aromatic N) is 2. The Morgan fingerprint density at radius 2 is 1.67 bits per heavy atom. The zero-order valence-corrected chi connectivity index (χ0v) is 14.2. The second kappa shape index (κ2) is 6.82. The van der Waals surface area contributed by atoms with Gasteiger partial charge in [-0.1, -0.05) is 53.6 Å². The van der Waals surface area contributed by atoms with Gasteiger partial charge in [0.25, 0.3) is 0 Å². The zero-order valence-electron chi connectivity index (χ0n) is 13.5. The van der Waals surface area contributed by atoms with Gasteiger partial charge in [0.05, 0.1) is 5.69 Å². The van der Waals surface area contributed by atoms with Crippen molar-refractivity contribution in [1.82, 2.24) is 4.57 Å². The van der Waals surface area contributed by atoms with Gasteiger partial charge < -0.3 is 10.3 Å². The smallest absolute Gasteiger partial charge is 0.122 e. The Morgan fingerprint density at radius 3 is 2.29 bits per heavy atom.